The highest BCUT2D eigenvalue weighted by Gasteiger charge is 2.80. The Morgan fingerprint density at radius 1 is 1.23 bits per heavy atom. The van der Waals surface area contributed by atoms with Gasteiger partial charge in [-0.25, -0.2) is 0 Å². The number of fused-ring (bicyclic) bond motifs is 1. The van der Waals surface area contributed by atoms with Crippen LogP contribution in [0.1, 0.15) is 60.3 Å². The second-order valence-corrected chi connectivity index (χ2v) is 10.7. The summed E-state index contributed by atoms with van der Waals surface area (Å²) in [5.74, 6) is -2.39. The summed E-state index contributed by atoms with van der Waals surface area (Å²) in [7, 11) is 0. The first-order valence-electron chi connectivity index (χ1n) is 12.9. The van der Waals surface area contributed by atoms with E-state index in [2.05, 4.69) is 17.6 Å². The molecule has 0 saturated carbocycles. The Balaban J connectivity index is 1.76. The Bertz CT molecular complexity index is 967. The number of carbonyl (C=O) groups is 3. The topological polar surface area (TPSA) is 108 Å². The van der Waals surface area contributed by atoms with Crippen LogP contribution in [0.5, 0.6) is 0 Å². The van der Waals surface area contributed by atoms with Crippen LogP contribution in [0.2, 0.25) is 0 Å². The van der Waals surface area contributed by atoms with E-state index in [9.17, 15) is 19.5 Å². The first-order chi connectivity index (χ1) is 16.6. The molecule has 0 aromatic heterocycles. The molecule has 8 nitrogen and oxygen atoms in total. The summed E-state index contributed by atoms with van der Waals surface area (Å²) in [6, 6.07) is 7.69. The lowest BCUT2D eigenvalue weighted by atomic mass is 9.62. The molecule has 1 aromatic carbocycles. The molecule has 3 amide bonds. The van der Waals surface area contributed by atoms with E-state index in [-0.39, 0.29) is 36.3 Å². The maximum atomic E-state index is 14.0. The van der Waals surface area contributed by atoms with Crippen LogP contribution >= 0.6 is 0 Å². The van der Waals surface area contributed by atoms with E-state index in [1.54, 1.807) is 12.1 Å². The number of amides is 3. The molecule has 8 heteroatoms. The molecule has 3 saturated heterocycles. The maximum absolute atomic E-state index is 14.0. The van der Waals surface area contributed by atoms with Crippen LogP contribution in [0, 0.1) is 17.8 Å². The fourth-order valence-corrected chi connectivity index (χ4v) is 6.75. The highest BCUT2D eigenvalue weighted by molar-refractivity contribution is 6.02. The monoisotopic (exact) mass is 485 g/mol. The summed E-state index contributed by atoms with van der Waals surface area (Å²) in [6.07, 6.45) is 2.74. The van der Waals surface area contributed by atoms with Gasteiger partial charge in [0.05, 0.1) is 30.1 Å². The number of carbonyl (C=O) groups excluding carboxylic acids is 3. The molecule has 3 fully saturated rings. The van der Waals surface area contributed by atoms with Gasteiger partial charge < -0.3 is 25.4 Å². The number of rotatable bonds is 9. The summed E-state index contributed by atoms with van der Waals surface area (Å²) >= 11 is 0. The molecule has 35 heavy (non-hydrogen) atoms. The molecule has 0 radical (unpaired) electrons. The quantitative estimate of drug-likeness (QED) is 0.499. The largest absolute Gasteiger partial charge is 0.394 e. The Kier molecular flexibility index (Phi) is 6.99. The molecule has 1 spiro atoms. The van der Waals surface area contributed by atoms with Crippen LogP contribution in [0.25, 0.3) is 0 Å². The highest BCUT2D eigenvalue weighted by atomic mass is 16.5. The van der Waals surface area contributed by atoms with Gasteiger partial charge in [0.1, 0.15) is 11.6 Å². The first-order valence-corrected chi connectivity index (χ1v) is 12.9. The van der Waals surface area contributed by atoms with Crippen molar-refractivity contribution in [2.24, 2.45) is 17.8 Å². The molecule has 3 N–H and O–H groups in total. The van der Waals surface area contributed by atoms with Gasteiger partial charge in [-0.15, -0.1) is 0 Å². The summed E-state index contributed by atoms with van der Waals surface area (Å²) in [6.45, 7) is 9.56. The lowest BCUT2D eigenvalue weighted by Crippen LogP contribution is -2.59. The predicted molar refractivity (Wildman–Crippen MR) is 132 cm³/mol. The zero-order valence-corrected chi connectivity index (χ0v) is 21.4. The van der Waals surface area contributed by atoms with Crippen LogP contribution in [0.15, 0.2) is 30.3 Å². The number of nitrogens with zero attached hydrogens (tertiary/aromatic N) is 1. The molecular weight excluding hydrogens is 446 g/mol. The van der Waals surface area contributed by atoms with E-state index in [1.807, 2.05) is 45.9 Å². The molecule has 0 aliphatic carbocycles. The van der Waals surface area contributed by atoms with Gasteiger partial charge >= 0.3 is 0 Å². The number of anilines is 1. The van der Waals surface area contributed by atoms with E-state index in [0.29, 0.717) is 18.5 Å². The minimum absolute atomic E-state index is 0.0319. The van der Waals surface area contributed by atoms with Gasteiger partial charge in [-0.3, -0.25) is 14.4 Å². The fraction of sp³-hybridized carbons (Fsp3) is 0.667. The van der Waals surface area contributed by atoms with E-state index >= 15 is 0 Å². The fourth-order valence-electron chi connectivity index (χ4n) is 6.75. The lowest BCUT2D eigenvalue weighted by Gasteiger charge is -2.37. The van der Waals surface area contributed by atoms with Crippen LogP contribution < -0.4 is 10.6 Å². The average molecular weight is 486 g/mol. The number of ether oxygens (including phenoxy) is 1. The van der Waals surface area contributed by atoms with Crippen molar-refractivity contribution in [2.45, 2.75) is 89.6 Å². The number of aliphatic hydroxyl groups excluding tert-OH is 1. The molecular formula is C27H39N3O5. The Labute approximate surface area is 207 Å². The van der Waals surface area contributed by atoms with E-state index in [1.165, 1.54) is 4.90 Å². The number of aliphatic hydroxyl groups is 1. The molecule has 4 rings (SSSR count). The number of hydrogen-bond acceptors (Lipinski definition) is 5. The second-order valence-electron chi connectivity index (χ2n) is 10.7. The second kappa shape index (κ2) is 9.54. The summed E-state index contributed by atoms with van der Waals surface area (Å²) in [5.41, 5.74) is -1.33. The molecule has 4 unspecified atom stereocenters. The molecule has 8 atom stereocenters. The first kappa shape index (κ1) is 25.6. The van der Waals surface area contributed by atoms with Gasteiger partial charge in [0.2, 0.25) is 17.7 Å². The number of hydrogen-bond donors (Lipinski definition) is 3. The number of para-hydroxylation sites is 1. The Hall–Kier alpha value is -2.45. The van der Waals surface area contributed by atoms with Gasteiger partial charge in [-0.05, 0) is 51.2 Å². The van der Waals surface area contributed by atoms with Gasteiger partial charge in [0.15, 0.2) is 0 Å². The smallest absolute Gasteiger partial charge is 0.246 e. The summed E-state index contributed by atoms with van der Waals surface area (Å²) < 4.78 is 6.70. The van der Waals surface area contributed by atoms with E-state index in [0.717, 1.165) is 12.8 Å². The zero-order valence-electron chi connectivity index (χ0n) is 21.4. The molecule has 2 bridgehead atoms. The highest BCUT2D eigenvalue weighted by Crippen LogP contribution is 2.65. The lowest BCUT2D eigenvalue weighted by molar-refractivity contribution is -0.150. The minimum atomic E-state index is -1.11. The SMILES string of the molecule is CCCC(C)NC(=O)C1N([C@@H](CC)CO)C(=O)[C@@H]2[C@H](C(=O)Nc3ccccc3)[C@@]3(C)OC12CC3C. The maximum Gasteiger partial charge on any atom is 0.246 e. The average Bonchev–Trinajstić information content (AvgIpc) is 3.33. The van der Waals surface area contributed by atoms with Crippen molar-refractivity contribution < 1.29 is 24.2 Å². The molecule has 3 aliphatic heterocycles. The normalized spacial score (nSPS) is 35.0. The van der Waals surface area contributed by atoms with E-state index in [4.69, 9.17) is 4.74 Å². The third kappa shape index (κ3) is 3.95. The Morgan fingerprint density at radius 2 is 1.91 bits per heavy atom. The van der Waals surface area contributed by atoms with E-state index < -0.39 is 35.1 Å². The summed E-state index contributed by atoms with van der Waals surface area (Å²) in [5, 5.41) is 16.2. The zero-order chi connectivity index (χ0) is 25.5. The summed E-state index contributed by atoms with van der Waals surface area (Å²) in [4.78, 5) is 43.0. The van der Waals surface area contributed by atoms with Crippen LogP contribution in [0.4, 0.5) is 5.69 Å². The van der Waals surface area contributed by atoms with Gasteiger partial charge in [0.25, 0.3) is 0 Å². The standard InChI is InChI=1S/C27H39N3O5/c1-6-11-17(4)28-24(33)22-27-14-16(3)26(5,35-27)20(23(32)29-18-12-9-8-10-13-18)21(27)25(34)30(22)19(7-2)15-31/h8-10,12-13,16-17,19-22,31H,6-7,11,14-15H2,1-5H3,(H,28,33)(H,29,32)/t16?,17?,19-,20+,21-,22?,26-,27?/m0/s1. The third-order valence-corrected chi connectivity index (χ3v) is 8.51. The molecule has 3 heterocycles. The van der Waals surface area contributed by atoms with Crippen molar-refractivity contribution in [1.82, 2.24) is 10.2 Å². The van der Waals surface area contributed by atoms with Crippen LogP contribution in [-0.4, -0.2) is 63.7 Å². The van der Waals surface area contributed by atoms with Gasteiger partial charge in [0, 0.05) is 11.7 Å². The van der Waals surface area contributed by atoms with Crippen molar-refractivity contribution in [1.29, 1.82) is 0 Å². The number of benzene rings is 1. The van der Waals surface area contributed by atoms with Crippen molar-refractivity contribution in [3.05, 3.63) is 30.3 Å². The van der Waals surface area contributed by atoms with Gasteiger partial charge in [-0.2, -0.15) is 0 Å². The van der Waals surface area contributed by atoms with Crippen molar-refractivity contribution in [3.8, 4) is 0 Å². The van der Waals surface area contributed by atoms with Crippen molar-refractivity contribution in [3.63, 3.8) is 0 Å². The molecule has 3 aliphatic rings. The predicted octanol–water partition coefficient (Wildman–Crippen LogP) is 2.71. The number of nitrogens with one attached hydrogen (secondary N) is 2. The van der Waals surface area contributed by atoms with Crippen LogP contribution in [0.3, 0.4) is 0 Å². The minimum Gasteiger partial charge on any atom is -0.394 e. The Morgan fingerprint density at radius 3 is 2.51 bits per heavy atom. The van der Waals surface area contributed by atoms with Crippen LogP contribution in [-0.2, 0) is 19.1 Å². The number of likely N-dealkylation sites (tertiary alicyclic amines) is 1. The van der Waals surface area contributed by atoms with Crippen molar-refractivity contribution >= 4 is 23.4 Å². The molecule has 1 aromatic rings. The molecule has 192 valence electrons. The third-order valence-electron chi connectivity index (χ3n) is 8.51. The van der Waals surface area contributed by atoms with Crippen molar-refractivity contribution in [2.75, 3.05) is 11.9 Å². The van der Waals surface area contributed by atoms with Gasteiger partial charge in [-0.1, -0.05) is 45.4 Å².